The summed E-state index contributed by atoms with van der Waals surface area (Å²) >= 11 is 1.53. The van der Waals surface area contributed by atoms with Crippen molar-refractivity contribution < 1.29 is 14.1 Å². The Labute approximate surface area is 158 Å². The Hall–Kier alpha value is -3.07. The van der Waals surface area contributed by atoms with Crippen LogP contribution in [0.5, 0.6) is 0 Å². The number of thiophene rings is 1. The summed E-state index contributed by atoms with van der Waals surface area (Å²) < 4.78 is 5.81. The maximum Gasteiger partial charge on any atom is 0.270 e. The molecule has 0 aliphatic carbocycles. The van der Waals surface area contributed by atoms with Crippen LogP contribution in [0.3, 0.4) is 0 Å². The predicted molar refractivity (Wildman–Crippen MR) is 98.6 cm³/mol. The number of aromatic nitrogens is 2. The number of likely N-dealkylation sites (tertiary alicyclic amines) is 1. The van der Waals surface area contributed by atoms with E-state index in [1.165, 1.54) is 29.5 Å². The highest BCUT2D eigenvalue weighted by Gasteiger charge is 2.29. The van der Waals surface area contributed by atoms with Gasteiger partial charge in [-0.1, -0.05) is 12.1 Å². The van der Waals surface area contributed by atoms with Gasteiger partial charge in [0.2, 0.25) is 5.89 Å². The first kappa shape index (κ1) is 17.3. The van der Waals surface area contributed by atoms with Crippen molar-refractivity contribution in [3.05, 3.63) is 63.3 Å². The minimum atomic E-state index is -0.500. The molecule has 138 valence electrons. The van der Waals surface area contributed by atoms with Crippen LogP contribution < -0.4 is 0 Å². The number of carbonyl (C=O) groups is 1. The molecule has 3 heterocycles. The zero-order valence-electron chi connectivity index (χ0n) is 14.3. The zero-order chi connectivity index (χ0) is 18.8. The van der Waals surface area contributed by atoms with E-state index >= 15 is 0 Å². The summed E-state index contributed by atoms with van der Waals surface area (Å²) in [6.45, 7) is 1.05. The number of benzene rings is 1. The number of amides is 1. The van der Waals surface area contributed by atoms with Gasteiger partial charge in [-0.3, -0.25) is 14.9 Å². The minimum Gasteiger partial charge on any atom is -0.420 e. The summed E-state index contributed by atoms with van der Waals surface area (Å²) in [6, 6.07) is 9.65. The van der Waals surface area contributed by atoms with E-state index in [-0.39, 0.29) is 17.5 Å². The second-order valence-corrected chi connectivity index (χ2v) is 7.27. The molecule has 3 aromatic rings. The van der Waals surface area contributed by atoms with E-state index in [1.54, 1.807) is 11.0 Å². The SMILES string of the molecule is O=C(c1cccc([N+](=O)[O-])c1)N1CCCC(c2nnc(-c3cccs3)o2)C1. The summed E-state index contributed by atoms with van der Waals surface area (Å²) in [5.41, 5.74) is 0.224. The second kappa shape index (κ2) is 7.28. The van der Waals surface area contributed by atoms with Crippen LogP contribution in [0.15, 0.2) is 46.2 Å². The Kier molecular flexibility index (Phi) is 4.68. The second-order valence-electron chi connectivity index (χ2n) is 6.32. The molecule has 9 heteroatoms. The van der Waals surface area contributed by atoms with Gasteiger partial charge in [-0.15, -0.1) is 21.5 Å². The Morgan fingerprint density at radius 3 is 2.96 bits per heavy atom. The van der Waals surface area contributed by atoms with Crippen molar-refractivity contribution in [1.29, 1.82) is 0 Å². The van der Waals surface area contributed by atoms with Gasteiger partial charge in [0.25, 0.3) is 17.5 Å². The molecule has 1 unspecified atom stereocenters. The molecule has 8 nitrogen and oxygen atoms in total. The third-order valence-electron chi connectivity index (χ3n) is 4.53. The average molecular weight is 384 g/mol. The van der Waals surface area contributed by atoms with Crippen molar-refractivity contribution in [3.8, 4) is 10.8 Å². The molecule has 0 spiro atoms. The van der Waals surface area contributed by atoms with Crippen LogP contribution in [-0.4, -0.2) is 39.0 Å². The fourth-order valence-corrected chi connectivity index (χ4v) is 3.84. The lowest BCUT2D eigenvalue weighted by molar-refractivity contribution is -0.384. The van der Waals surface area contributed by atoms with E-state index in [1.807, 2.05) is 17.5 Å². The lowest BCUT2D eigenvalue weighted by Gasteiger charge is -2.31. The first-order chi connectivity index (χ1) is 13.1. The van der Waals surface area contributed by atoms with Gasteiger partial charge in [0.1, 0.15) is 0 Å². The van der Waals surface area contributed by atoms with Crippen molar-refractivity contribution in [3.63, 3.8) is 0 Å². The summed E-state index contributed by atoms with van der Waals surface area (Å²) in [6.07, 6.45) is 1.66. The highest BCUT2D eigenvalue weighted by Crippen LogP contribution is 2.30. The number of nitro groups is 1. The predicted octanol–water partition coefficient (Wildman–Crippen LogP) is 3.73. The minimum absolute atomic E-state index is 0.0392. The normalized spacial score (nSPS) is 17.0. The fraction of sp³-hybridized carbons (Fsp3) is 0.278. The van der Waals surface area contributed by atoms with Crippen LogP contribution in [0.4, 0.5) is 5.69 Å². The van der Waals surface area contributed by atoms with E-state index in [0.29, 0.717) is 30.4 Å². The van der Waals surface area contributed by atoms with Crippen LogP contribution in [0.2, 0.25) is 0 Å². The number of hydrogen-bond acceptors (Lipinski definition) is 7. The number of non-ortho nitro benzene ring substituents is 1. The molecule has 2 aromatic heterocycles. The smallest absolute Gasteiger partial charge is 0.270 e. The molecular weight excluding hydrogens is 368 g/mol. The van der Waals surface area contributed by atoms with Crippen molar-refractivity contribution >= 4 is 22.9 Å². The molecule has 0 saturated carbocycles. The van der Waals surface area contributed by atoms with Crippen LogP contribution in [0.1, 0.15) is 35.0 Å². The number of nitro benzene ring substituents is 1. The molecule has 27 heavy (non-hydrogen) atoms. The highest BCUT2D eigenvalue weighted by atomic mass is 32.1. The topological polar surface area (TPSA) is 102 Å². The lowest BCUT2D eigenvalue weighted by atomic mass is 9.97. The first-order valence-electron chi connectivity index (χ1n) is 8.53. The number of piperidine rings is 1. The van der Waals surface area contributed by atoms with Gasteiger partial charge in [-0.2, -0.15) is 0 Å². The number of nitrogens with zero attached hydrogens (tertiary/aromatic N) is 4. The van der Waals surface area contributed by atoms with E-state index in [9.17, 15) is 14.9 Å². The Morgan fingerprint density at radius 2 is 2.19 bits per heavy atom. The molecule has 1 aromatic carbocycles. The molecule has 0 radical (unpaired) electrons. The van der Waals surface area contributed by atoms with E-state index in [2.05, 4.69) is 10.2 Å². The van der Waals surface area contributed by atoms with Gasteiger partial charge < -0.3 is 9.32 Å². The van der Waals surface area contributed by atoms with Crippen LogP contribution in [0, 0.1) is 10.1 Å². The fourth-order valence-electron chi connectivity index (χ4n) is 3.20. The molecular formula is C18H16N4O4S. The van der Waals surface area contributed by atoms with Gasteiger partial charge in [0.05, 0.1) is 15.7 Å². The quantitative estimate of drug-likeness (QED) is 0.502. The summed E-state index contributed by atoms with van der Waals surface area (Å²) in [5, 5.41) is 21.2. The maximum absolute atomic E-state index is 12.8. The van der Waals surface area contributed by atoms with Gasteiger partial charge in [0.15, 0.2) is 0 Å². The lowest BCUT2D eigenvalue weighted by Crippen LogP contribution is -2.39. The third kappa shape index (κ3) is 3.59. The Balaban J connectivity index is 1.50. The van der Waals surface area contributed by atoms with Crippen LogP contribution in [-0.2, 0) is 0 Å². The first-order valence-corrected chi connectivity index (χ1v) is 9.41. The molecule has 0 N–H and O–H groups in total. The van der Waals surface area contributed by atoms with Crippen LogP contribution >= 0.6 is 11.3 Å². The standard InChI is InChI=1S/C18H16N4O4S/c23-18(12-4-1-6-14(10-12)22(24)25)21-8-2-5-13(11-21)16-19-20-17(26-16)15-7-3-9-27-15/h1,3-4,6-7,9-10,13H,2,5,8,11H2. The van der Waals surface area contributed by atoms with Gasteiger partial charge in [-0.05, 0) is 30.4 Å². The molecule has 4 rings (SSSR count). The van der Waals surface area contributed by atoms with E-state index < -0.39 is 4.92 Å². The van der Waals surface area contributed by atoms with Gasteiger partial charge in [-0.25, -0.2) is 0 Å². The number of hydrogen-bond donors (Lipinski definition) is 0. The van der Waals surface area contributed by atoms with Crippen molar-refractivity contribution in [1.82, 2.24) is 15.1 Å². The molecule has 1 fully saturated rings. The molecule has 1 aliphatic rings. The summed E-state index contributed by atoms with van der Waals surface area (Å²) in [4.78, 5) is 25.8. The molecule has 1 atom stereocenters. The van der Waals surface area contributed by atoms with Crippen molar-refractivity contribution in [2.45, 2.75) is 18.8 Å². The van der Waals surface area contributed by atoms with E-state index in [0.717, 1.165) is 17.7 Å². The molecule has 1 aliphatic heterocycles. The van der Waals surface area contributed by atoms with Crippen molar-refractivity contribution in [2.75, 3.05) is 13.1 Å². The maximum atomic E-state index is 12.8. The average Bonchev–Trinajstić information content (AvgIpc) is 3.39. The van der Waals surface area contributed by atoms with Gasteiger partial charge in [0, 0.05) is 30.8 Å². The highest BCUT2D eigenvalue weighted by molar-refractivity contribution is 7.13. The van der Waals surface area contributed by atoms with Gasteiger partial charge >= 0.3 is 0 Å². The molecule has 1 saturated heterocycles. The Bertz CT molecular complexity index is 969. The molecule has 1 amide bonds. The zero-order valence-corrected chi connectivity index (χ0v) is 15.1. The van der Waals surface area contributed by atoms with Crippen LogP contribution in [0.25, 0.3) is 10.8 Å². The molecule has 0 bridgehead atoms. The third-order valence-corrected chi connectivity index (χ3v) is 5.39. The largest absolute Gasteiger partial charge is 0.420 e. The van der Waals surface area contributed by atoms with Crippen molar-refractivity contribution in [2.24, 2.45) is 0 Å². The monoisotopic (exact) mass is 384 g/mol. The summed E-state index contributed by atoms with van der Waals surface area (Å²) in [5.74, 6) is 0.751. The number of carbonyl (C=O) groups excluding carboxylic acids is 1. The van der Waals surface area contributed by atoms with E-state index in [4.69, 9.17) is 4.42 Å². The Morgan fingerprint density at radius 1 is 1.30 bits per heavy atom. The number of rotatable bonds is 4. The summed E-state index contributed by atoms with van der Waals surface area (Å²) in [7, 11) is 0.